The molecule has 1 fully saturated rings. The largest absolute Gasteiger partial charge is 0.314 e. The normalized spacial score (nSPS) is 22.0. The molecule has 72 valence electrons. The molecule has 0 amide bonds. The minimum Gasteiger partial charge on any atom is -0.314 e. The highest BCUT2D eigenvalue weighted by Gasteiger charge is 2.20. The van der Waals surface area contributed by atoms with Crippen molar-refractivity contribution in [3.05, 3.63) is 0 Å². The van der Waals surface area contributed by atoms with Gasteiger partial charge in [0.1, 0.15) is 0 Å². The first-order valence-electron chi connectivity index (χ1n) is 5.43. The Morgan fingerprint density at radius 1 is 1.17 bits per heavy atom. The van der Waals surface area contributed by atoms with E-state index in [2.05, 4.69) is 26.1 Å². The molecule has 0 heterocycles. The van der Waals surface area contributed by atoms with E-state index in [0.717, 1.165) is 17.9 Å². The van der Waals surface area contributed by atoms with Crippen LogP contribution in [-0.2, 0) is 0 Å². The molecule has 0 aromatic rings. The molecule has 1 rings (SSSR count). The van der Waals surface area contributed by atoms with E-state index >= 15 is 0 Å². The monoisotopic (exact) mass is 169 g/mol. The van der Waals surface area contributed by atoms with Gasteiger partial charge in [-0.2, -0.15) is 0 Å². The molecule has 0 aromatic carbocycles. The van der Waals surface area contributed by atoms with Crippen LogP contribution in [0, 0.1) is 11.8 Å². The third-order valence-electron chi connectivity index (χ3n) is 2.96. The first-order valence-corrected chi connectivity index (χ1v) is 5.43. The molecule has 12 heavy (non-hydrogen) atoms. The summed E-state index contributed by atoms with van der Waals surface area (Å²) in [6, 6.07) is 0.745. The van der Waals surface area contributed by atoms with Crippen LogP contribution in [0.5, 0.6) is 0 Å². The predicted molar refractivity (Wildman–Crippen MR) is 54.3 cm³/mol. The molecule has 1 atom stereocenters. The van der Waals surface area contributed by atoms with Crippen LogP contribution in [0.1, 0.15) is 46.5 Å². The summed E-state index contributed by atoms with van der Waals surface area (Å²) >= 11 is 0. The second-order valence-electron chi connectivity index (χ2n) is 4.64. The van der Waals surface area contributed by atoms with Gasteiger partial charge in [-0.05, 0) is 38.1 Å². The Morgan fingerprint density at radius 3 is 2.25 bits per heavy atom. The summed E-state index contributed by atoms with van der Waals surface area (Å²) < 4.78 is 0. The second-order valence-corrected chi connectivity index (χ2v) is 4.64. The third-order valence-corrected chi connectivity index (χ3v) is 2.96. The number of hydrogen-bond acceptors (Lipinski definition) is 1. The Hall–Kier alpha value is -0.0400. The van der Waals surface area contributed by atoms with E-state index in [4.69, 9.17) is 0 Å². The van der Waals surface area contributed by atoms with Crippen molar-refractivity contribution >= 4 is 0 Å². The predicted octanol–water partition coefficient (Wildman–Crippen LogP) is 2.81. The summed E-state index contributed by atoms with van der Waals surface area (Å²) in [6.07, 6.45) is 5.81. The zero-order valence-corrected chi connectivity index (χ0v) is 8.77. The molecule has 0 saturated heterocycles. The highest BCUT2D eigenvalue weighted by atomic mass is 14.9. The molecule has 0 radical (unpaired) electrons. The molecule has 0 bridgehead atoms. The van der Waals surface area contributed by atoms with Gasteiger partial charge in [-0.25, -0.2) is 0 Å². The van der Waals surface area contributed by atoms with E-state index in [0.29, 0.717) is 0 Å². The molecule has 0 aromatic heterocycles. The molecular weight excluding hydrogens is 146 g/mol. The molecule has 1 saturated carbocycles. The van der Waals surface area contributed by atoms with Gasteiger partial charge in [-0.1, -0.05) is 26.7 Å². The van der Waals surface area contributed by atoms with Crippen molar-refractivity contribution in [3.63, 3.8) is 0 Å². The fourth-order valence-electron chi connectivity index (χ4n) is 2.05. The van der Waals surface area contributed by atoms with Gasteiger partial charge in [0, 0.05) is 6.04 Å². The SMILES string of the molecule is CC(C)CNC(C)C1CCCC1. The van der Waals surface area contributed by atoms with Gasteiger partial charge in [0.05, 0.1) is 0 Å². The van der Waals surface area contributed by atoms with E-state index in [1.165, 1.54) is 32.2 Å². The van der Waals surface area contributed by atoms with Gasteiger partial charge >= 0.3 is 0 Å². The van der Waals surface area contributed by atoms with Gasteiger partial charge in [0.2, 0.25) is 0 Å². The zero-order valence-electron chi connectivity index (χ0n) is 8.77. The molecule has 1 aliphatic carbocycles. The molecule has 1 nitrogen and oxygen atoms in total. The maximum Gasteiger partial charge on any atom is 0.00671 e. The van der Waals surface area contributed by atoms with Gasteiger partial charge in [0.15, 0.2) is 0 Å². The number of nitrogens with one attached hydrogen (secondary N) is 1. The average Bonchev–Trinajstić information content (AvgIpc) is 2.51. The van der Waals surface area contributed by atoms with Crippen molar-refractivity contribution in [1.82, 2.24) is 5.32 Å². The molecule has 0 spiro atoms. The fraction of sp³-hybridized carbons (Fsp3) is 1.00. The van der Waals surface area contributed by atoms with Crippen LogP contribution in [-0.4, -0.2) is 12.6 Å². The lowest BCUT2D eigenvalue weighted by molar-refractivity contribution is 0.364. The lowest BCUT2D eigenvalue weighted by Crippen LogP contribution is -2.34. The maximum absolute atomic E-state index is 3.62. The molecule has 1 N–H and O–H groups in total. The van der Waals surface area contributed by atoms with Crippen LogP contribution >= 0.6 is 0 Å². The van der Waals surface area contributed by atoms with E-state index in [-0.39, 0.29) is 0 Å². The Morgan fingerprint density at radius 2 is 1.75 bits per heavy atom. The summed E-state index contributed by atoms with van der Waals surface area (Å²) in [7, 11) is 0. The van der Waals surface area contributed by atoms with E-state index in [9.17, 15) is 0 Å². The van der Waals surface area contributed by atoms with Gasteiger partial charge in [-0.3, -0.25) is 0 Å². The van der Waals surface area contributed by atoms with Gasteiger partial charge < -0.3 is 5.32 Å². The van der Waals surface area contributed by atoms with Gasteiger partial charge in [-0.15, -0.1) is 0 Å². The van der Waals surface area contributed by atoms with Crippen LogP contribution in [0.4, 0.5) is 0 Å². The average molecular weight is 169 g/mol. The van der Waals surface area contributed by atoms with Crippen molar-refractivity contribution < 1.29 is 0 Å². The zero-order chi connectivity index (χ0) is 8.97. The maximum atomic E-state index is 3.62. The minimum atomic E-state index is 0.745. The van der Waals surface area contributed by atoms with Crippen LogP contribution in [0.15, 0.2) is 0 Å². The van der Waals surface area contributed by atoms with Crippen molar-refractivity contribution in [2.75, 3.05) is 6.54 Å². The quantitative estimate of drug-likeness (QED) is 0.682. The summed E-state index contributed by atoms with van der Waals surface area (Å²) in [5.74, 6) is 1.75. The Bertz CT molecular complexity index is 114. The van der Waals surface area contributed by atoms with Crippen molar-refractivity contribution in [2.45, 2.75) is 52.5 Å². The molecule has 1 unspecified atom stereocenters. The Labute approximate surface area is 76.9 Å². The lowest BCUT2D eigenvalue weighted by Gasteiger charge is -2.21. The molecule has 0 aliphatic heterocycles. The number of rotatable bonds is 4. The lowest BCUT2D eigenvalue weighted by atomic mass is 9.99. The molecular formula is C11H23N. The Kier molecular flexibility index (Phi) is 4.07. The first kappa shape index (κ1) is 10.0. The first-order chi connectivity index (χ1) is 5.70. The second kappa shape index (κ2) is 4.86. The van der Waals surface area contributed by atoms with Crippen LogP contribution in [0.2, 0.25) is 0 Å². The summed E-state index contributed by atoms with van der Waals surface area (Å²) in [6.45, 7) is 8.07. The van der Waals surface area contributed by atoms with Crippen LogP contribution in [0.3, 0.4) is 0 Å². The highest BCUT2D eigenvalue weighted by molar-refractivity contribution is 4.77. The smallest absolute Gasteiger partial charge is 0.00671 e. The van der Waals surface area contributed by atoms with Crippen LogP contribution < -0.4 is 5.32 Å². The summed E-state index contributed by atoms with van der Waals surface area (Å²) in [5, 5.41) is 3.62. The third kappa shape index (κ3) is 3.14. The fourth-order valence-corrected chi connectivity index (χ4v) is 2.05. The molecule has 1 aliphatic rings. The summed E-state index contributed by atoms with van der Waals surface area (Å²) in [5.41, 5.74) is 0. The highest BCUT2D eigenvalue weighted by Crippen LogP contribution is 2.27. The number of hydrogen-bond donors (Lipinski definition) is 1. The van der Waals surface area contributed by atoms with Crippen LogP contribution in [0.25, 0.3) is 0 Å². The van der Waals surface area contributed by atoms with Crippen molar-refractivity contribution in [3.8, 4) is 0 Å². The Balaban J connectivity index is 2.13. The van der Waals surface area contributed by atoms with Crippen molar-refractivity contribution in [2.24, 2.45) is 11.8 Å². The van der Waals surface area contributed by atoms with E-state index in [1.807, 2.05) is 0 Å². The van der Waals surface area contributed by atoms with E-state index in [1.54, 1.807) is 0 Å². The van der Waals surface area contributed by atoms with E-state index < -0.39 is 0 Å². The topological polar surface area (TPSA) is 12.0 Å². The minimum absolute atomic E-state index is 0.745. The summed E-state index contributed by atoms with van der Waals surface area (Å²) in [4.78, 5) is 0. The standard InChI is InChI=1S/C11H23N/c1-9(2)8-12-10(3)11-6-4-5-7-11/h9-12H,4-8H2,1-3H3. The van der Waals surface area contributed by atoms with Gasteiger partial charge in [0.25, 0.3) is 0 Å². The van der Waals surface area contributed by atoms with Crippen molar-refractivity contribution in [1.29, 1.82) is 0 Å². The molecule has 1 heteroatoms.